The molecule has 18 heavy (non-hydrogen) atoms. The molecule has 0 aliphatic rings. The topological polar surface area (TPSA) is 75.8 Å². The van der Waals surface area contributed by atoms with Crippen LogP contribution >= 0.6 is 0 Å². The maximum absolute atomic E-state index is 5.56. The van der Waals surface area contributed by atoms with Gasteiger partial charge in [0.25, 0.3) is 0 Å². The average molecular weight is 251 g/mol. The number of hydrogen-bond acceptors (Lipinski definition) is 4. The SMILES string of the molecule is CN=C(N)NCc1ccnc(OCCN(C)C)c1. The lowest BCUT2D eigenvalue weighted by molar-refractivity contribution is 0.253. The van der Waals surface area contributed by atoms with Gasteiger partial charge in [0.05, 0.1) is 0 Å². The molecular formula is C12H21N5O. The number of aliphatic imine (C=N–C) groups is 1. The Labute approximate surface area is 108 Å². The summed E-state index contributed by atoms with van der Waals surface area (Å²) in [4.78, 5) is 10.0. The minimum Gasteiger partial charge on any atom is -0.476 e. The summed E-state index contributed by atoms with van der Waals surface area (Å²) < 4.78 is 5.55. The highest BCUT2D eigenvalue weighted by Crippen LogP contribution is 2.08. The van der Waals surface area contributed by atoms with Crippen molar-refractivity contribution < 1.29 is 4.74 Å². The number of aromatic nitrogens is 1. The van der Waals surface area contributed by atoms with E-state index in [0.717, 1.165) is 12.1 Å². The van der Waals surface area contributed by atoms with E-state index in [1.807, 2.05) is 26.2 Å². The van der Waals surface area contributed by atoms with Crippen LogP contribution in [0.5, 0.6) is 5.88 Å². The summed E-state index contributed by atoms with van der Waals surface area (Å²) in [6.07, 6.45) is 1.72. The van der Waals surface area contributed by atoms with Crippen LogP contribution in [0.15, 0.2) is 23.3 Å². The quantitative estimate of drug-likeness (QED) is 0.552. The Balaban J connectivity index is 2.46. The highest BCUT2D eigenvalue weighted by Gasteiger charge is 1.99. The summed E-state index contributed by atoms with van der Waals surface area (Å²) in [5.74, 6) is 1.05. The molecule has 3 N–H and O–H groups in total. The smallest absolute Gasteiger partial charge is 0.213 e. The summed E-state index contributed by atoms with van der Waals surface area (Å²) in [6.45, 7) is 2.09. The lowest BCUT2D eigenvalue weighted by atomic mass is 10.2. The van der Waals surface area contributed by atoms with E-state index in [0.29, 0.717) is 25.0 Å². The van der Waals surface area contributed by atoms with Crippen molar-refractivity contribution in [3.63, 3.8) is 0 Å². The van der Waals surface area contributed by atoms with Crippen LogP contribution in [0, 0.1) is 0 Å². The minimum absolute atomic E-state index is 0.418. The predicted octanol–water partition coefficient (Wildman–Crippen LogP) is 0.0561. The van der Waals surface area contributed by atoms with Gasteiger partial charge in [-0.1, -0.05) is 0 Å². The molecule has 0 saturated carbocycles. The van der Waals surface area contributed by atoms with E-state index in [1.165, 1.54) is 0 Å². The van der Waals surface area contributed by atoms with Gasteiger partial charge in [0.15, 0.2) is 5.96 Å². The van der Waals surface area contributed by atoms with Gasteiger partial charge >= 0.3 is 0 Å². The highest BCUT2D eigenvalue weighted by molar-refractivity contribution is 5.77. The summed E-state index contributed by atoms with van der Waals surface area (Å²) in [6, 6.07) is 3.81. The fourth-order valence-electron chi connectivity index (χ4n) is 1.24. The molecule has 0 aromatic carbocycles. The molecule has 100 valence electrons. The van der Waals surface area contributed by atoms with Gasteiger partial charge in [-0.2, -0.15) is 0 Å². The van der Waals surface area contributed by atoms with E-state index in [4.69, 9.17) is 10.5 Å². The lowest BCUT2D eigenvalue weighted by Crippen LogP contribution is -2.30. The lowest BCUT2D eigenvalue weighted by Gasteiger charge is -2.11. The molecule has 1 heterocycles. The molecule has 0 atom stereocenters. The minimum atomic E-state index is 0.418. The van der Waals surface area contributed by atoms with Crippen molar-refractivity contribution in [1.29, 1.82) is 0 Å². The molecule has 0 spiro atoms. The molecule has 0 bridgehead atoms. The molecule has 0 saturated heterocycles. The first-order valence-corrected chi connectivity index (χ1v) is 5.80. The fraction of sp³-hybridized carbons (Fsp3) is 0.500. The van der Waals surface area contributed by atoms with E-state index in [1.54, 1.807) is 13.2 Å². The van der Waals surface area contributed by atoms with Crippen LogP contribution in [0.3, 0.4) is 0 Å². The van der Waals surface area contributed by atoms with Crippen LogP contribution < -0.4 is 15.8 Å². The zero-order valence-electron chi connectivity index (χ0n) is 11.2. The van der Waals surface area contributed by atoms with Gasteiger partial charge in [-0.25, -0.2) is 4.98 Å². The molecule has 6 nitrogen and oxygen atoms in total. The summed E-state index contributed by atoms with van der Waals surface area (Å²) >= 11 is 0. The van der Waals surface area contributed by atoms with Crippen LogP contribution in [0.2, 0.25) is 0 Å². The third-order valence-corrected chi connectivity index (χ3v) is 2.30. The summed E-state index contributed by atoms with van der Waals surface area (Å²) in [5.41, 5.74) is 6.61. The second-order valence-corrected chi connectivity index (χ2v) is 4.12. The number of likely N-dealkylation sites (N-methyl/N-ethyl adjacent to an activating group) is 1. The molecule has 0 amide bonds. The molecule has 0 aliphatic carbocycles. The Morgan fingerprint density at radius 1 is 1.56 bits per heavy atom. The number of hydrogen-bond donors (Lipinski definition) is 2. The van der Waals surface area contributed by atoms with Crippen molar-refractivity contribution in [3.05, 3.63) is 23.9 Å². The number of guanidine groups is 1. The van der Waals surface area contributed by atoms with E-state index in [-0.39, 0.29) is 0 Å². The van der Waals surface area contributed by atoms with E-state index in [9.17, 15) is 0 Å². The maximum Gasteiger partial charge on any atom is 0.213 e. The summed E-state index contributed by atoms with van der Waals surface area (Å²) in [5, 5.41) is 2.99. The van der Waals surface area contributed by atoms with E-state index >= 15 is 0 Å². The predicted molar refractivity (Wildman–Crippen MR) is 72.7 cm³/mol. The molecule has 1 aromatic heterocycles. The van der Waals surface area contributed by atoms with Crippen molar-refractivity contribution in [2.24, 2.45) is 10.7 Å². The van der Waals surface area contributed by atoms with Crippen molar-refractivity contribution in [2.45, 2.75) is 6.54 Å². The van der Waals surface area contributed by atoms with Gasteiger partial charge in [-0.15, -0.1) is 0 Å². The standard InChI is InChI=1S/C12H21N5O/c1-14-12(13)16-9-10-4-5-15-11(8-10)18-7-6-17(2)3/h4-5,8H,6-7,9H2,1-3H3,(H3,13,14,16). The largest absolute Gasteiger partial charge is 0.476 e. The van der Waals surface area contributed by atoms with Crippen LogP contribution in [0.25, 0.3) is 0 Å². The van der Waals surface area contributed by atoms with Crippen molar-refractivity contribution in [2.75, 3.05) is 34.3 Å². The molecule has 1 aromatic rings. The number of nitrogens with two attached hydrogens (primary N) is 1. The first-order chi connectivity index (χ1) is 8.61. The molecule has 1 rings (SSSR count). The maximum atomic E-state index is 5.56. The number of rotatable bonds is 6. The molecule has 0 aliphatic heterocycles. The van der Waals surface area contributed by atoms with Crippen molar-refractivity contribution in [1.82, 2.24) is 15.2 Å². The zero-order valence-corrected chi connectivity index (χ0v) is 11.2. The van der Waals surface area contributed by atoms with Crippen LogP contribution in [0.1, 0.15) is 5.56 Å². The summed E-state index contributed by atoms with van der Waals surface area (Å²) in [7, 11) is 5.65. The van der Waals surface area contributed by atoms with Crippen LogP contribution in [-0.2, 0) is 6.54 Å². The monoisotopic (exact) mass is 251 g/mol. The number of pyridine rings is 1. The zero-order chi connectivity index (χ0) is 13.4. The molecule has 0 unspecified atom stereocenters. The number of nitrogens with one attached hydrogen (secondary N) is 1. The van der Waals surface area contributed by atoms with Gasteiger partial charge in [0, 0.05) is 32.4 Å². The molecule has 0 fully saturated rings. The first-order valence-electron chi connectivity index (χ1n) is 5.80. The molecule has 0 radical (unpaired) electrons. The Morgan fingerprint density at radius 3 is 3.00 bits per heavy atom. The molecule has 6 heteroatoms. The van der Waals surface area contributed by atoms with Gasteiger partial charge in [-0.05, 0) is 25.7 Å². The third kappa shape index (κ3) is 5.49. The Bertz CT molecular complexity index is 392. The van der Waals surface area contributed by atoms with Crippen molar-refractivity contribution in [3.8, 4) is 5.88 Å². The Morgan fingerprint density at radius 2 is 2.33 bits per heavy atom. The second-order valence-electron chi connectivity index (χ2n) is 4.12. The number of nitrogens with zero attached hydrogens (tertiary/aromatic N) is 3. The van der Waals surface area contributed by atoms with Crippen LogP contribution in [0.4, 0.5) is 0 Å². The van der Waals surface area contributed by atoms with Crippen molar-refractivity contribution >= 4 is 5.96 Å². The average Bonchev–Trinajstić information content (AvgIpc) is 2.36. The normalized spacial score (nSPS) is 11.7. The first kappa shape index (κ1) is 14.2. The van der Waals surface area contributed by atoms with Crippen LogP contribution in [-0.4, -0.2) is 50.1 Å². The highest BCUT2D eigenvalue weighted by atomic mass is 16.5. The van der Waals surface area contributed by atoms with Gasteiger partial charge < -0.3 is 20.7 Å². The van der Waals surface area contributed by atoms with Gasteiger partial charge in [0.1, 0.15) is 6.61 Å². The van der Waals surface area contributed by atoms with E-state index < -0.39 is 0 Å². The fourth-order valence-corrected chi connectivity index (χ4v) is 1.24. The van der Waals surface area contributed by atoms with Gasteiger partial charge in [-0.3, -0.25) is 4.99 Å². The van der Waals surface area contributed by atoms with E-state index in [2.05, 4.69) is 20.2 Å². The third-order valence-electron chi connectivity index (χ3n) is 2.30. The van der Waals surface area contributed by atoms with Gasteiger partial charge in [0.2, 0.25) is 5.88 Å². The number of ether oxygens (including phenoxy) is 1. The molecular weight excluding hydrogens is 230 g/mol. The second kappa shape index (κ2) is 7.50. The Kier molecular flexibility index (Phi) is 5.93. The Hall–Kier alpha value is -1.82.